The number of nitrogens with zero attached hydrogens (tertiary/aromatic N) is 4. The second kappa shape index (κ2) is 6.19. The van der Waals surface area contributed by atoms with E-state index in [0.717, 1.165) is 17.9 Å². The van der Waals surface area contributed by atoms with E-state index in [1.807, 2.05) is 24.6 Å². The Morgan fingerprint density at radius 2 is 2.08 bits per heavy atom. The van der Waals surface area contributed by atoms with Crippen molar-refractivity contribution in [3.8, 4) is 0 Å². The summed E-state index contributed by atoms with van der Waals surface area (Å²) in [5, 5.41) is 14.3. The molecule has 3 heterocycles. The van der Waals surface area contributed by atoms with Crippen molar-refractivity contribution in [3.63, 3.8) is 0 Å². The van der Waals surface area contributed by atoms with Gasteiger partial charge in [0.25, 0.3) is 11.5 Å². The third-order valence-corrected chi connectivity index (χ3v) is 4.31. The number of pyridine rings is 1. The number of carbonyl (C=O) groups excluding carboxylic acids is 1. The maximum Gasteiger partial charge on any atom is 0.263 e. The Hall–Kier alpha value is -2.90. The van der Waals surface area contributed by atoms with Crippen LogP contribution in [-0.2, 0) is 13.6 Å². The predicted octanol–water partition coefficient (Wildman–Crippen LogP) is 1.98. The van der Waals surface area contributed by atoms with Crippen molar-refractivity contribution < 1.29 is 4.79 Å². The molecule has 0 saturated heterocycles. The van der Waals surface area contributed by atoms with E-state index >= 15 is 0 Å². The average molecular weight is 342 g/mol. The number of carbonyl (C=O) groups is 1. The van der Waals surface area contributed by atoms with Crippen LogP contribution >= 0.6 is 0 Å². The molecule has 3 aromatic heterocycles. The molecule has 0 atom stereocenters. The van der Waals surface area contributed by atoms with Gasteiger partial charge in [0.05, 0.1) is 17.3 Å². The highest BCUT2D eigenvalue weighted by molar-refractivity contribution is 6.08. The minimum atomic E-state index is -0.330. The Bertz CT molecular complexity index is 1010. The van der Waals surface area contributed by atoms with Crippen LogP contribution in [0.4, 0.5) is 5.82 Å². The quantitative estimate of drug-likeness (QED) is 0.757. The Morgan fingerprint density at radius 1 is 1.36 bits per heavy atom. The number of aryl methyl sites for hydroxylation is 1. The van der Waals surface area contributed by atoms with Crippen LogP contribution in [0.25, 0.3) is 10.9 Å². The fourth-order valence-corrected chi connectivity index (χ4v) is 2.77. The predicted molar refractivity (Wildman–Crippen MR) is 95.8 cm³/mol. The van der Waals surface area contributed by atoms with Crippen molar-refractivity contribution in [3.05, 3.63) is 39.6 Å². The first-order valence-electron chi connectivity index (χ1n) is 8.18. The van der Waals surface area contributed by atoms with E-state index in [1.165, 1.54) is 4.57 Å². The van der Waals surface area contributed by atoms with Crippen molar-refractivity contribution in [2.75, 3.05) is 5.32 Å². The largest absolute Gasteiger partial charge is 0.315 e. The third-order valence-electron chi connectivity index (χ3n) is 4.31. The van der Waals surface area contributed by atoms with Crippen molar-refractivity contribution in [1.82, 2.24) is 24.5 Å². The van der Waals surface area contributed by atoms with Gasteiger partial charge in [0, 0.05) is 25.0 Å². The number of hydrogen-bond donors (Lipinski definition) is 2. The monoisotopic (exact) mass is 342 g/mol. The van der Waals surface area contributed by atoms with E-state index in [0.29, 0.717) is 22.4 Å². The van der Waals surface area contributed by atoms with Crippen LogP contribution in [0.2, 0.25) is 0 Å². The molecular formula is C17H22N6O2. The van der Waals surface area contributed by atoms with Crippen molar-refractivity contribution in [2.45, 2.75) is 34.2 Å². The van der Waals surface area contributed by atoms with E-state index in [9.17, 15) is 9.59 Å². The molecule has 8 nitrogen and oxygen atoms in total. The molecule has 8 heteroatoms. The summed E-state index contributed by atoms with van der Waals surface area (Å²) in [7, 11) is 1.69. The Labute approximate surface area is 144 Å². The Morgan fingerprint density at radius 3 is 2.76 bits per heavy atom. The summed E-state index contributed by atoms with van der Waals surface area (Å²) in [5.74, 6) is 0.330. The molecule has 132 valence electrons. The van der Waals surface area contributed by atoms with Gasteiger partial charge in [-0.3, -0.25) is 19.4 Å². The lowest BCUT2D eigenvalue weighted by atomic mass is 10.2. The van der Waals surface area contributed by atoms with Gasteiger partial charge in [0.2, 0.25) is 0 Å². The molecule has 0 aliphatic heterocycles. The van der Waals surface area contributed by atoms with Crippen molar-refractivity contribution in [2.24, 2.45) is 13.0 Å². The summed E-state index contributed by atoms with van der Waals surface area (Å²) < 4.78 is 3.34. The number of H-pyrrole nitrogens is 1. The fourth-order valence-electron chi connectivity index (χ4n) is 2.77. The minimum Gasteiger partial charge on any atom is -0.315 e. The van der Waals surface area contributed by atoms with Gasteiger partial charge in [0.1, 0.15) is 5.39 Å². The minimum absolute atomic E-state index is 0.203. The zero-order valence-corrected chi connectivity index (χ0v) is 15.0. The maximum absolute atomic E-state index is 12.6. The van der Waals surface area contributed by atoms with E-state index in [2.05, 4.69) is 34.5 Å². The number of nitrogens with one attached hydrogen (secondary N) is 2. The molecule has 0 fully saturated rings. The third kappa shape index (κ3) is 2.95. The maximum atomic E-state index is 12.6. The van der Waals surface area contributed by atoms with Crippen LogP contribution in [0, 0.1) is 19.8 Å². The summed E-state index contributed by atoms with van der Waals surface area (Å²) in [6.07, 6.45) is 1.55. The standard InChI is InChI=1S/C17H22N6O2/c1-9(2)8-23-11(4)12(7-18-23)16(24)19-15-14-13(20-21-15)6-10(3)22(5)17(14)25/h6-7,9H,8H2,1-5H3,(H2,19,20,21,24). The van der Waals surface area contributed by atoms with E-state index in [1.54, 1.807) is 13.2 Å². The first kappa shape index (κ1) is 16.9. The number of anilines is 1. The van der Waals surface area contributed by atoms with Gasteiger partial charge in [-0.05, 0) is 25.8 Å². The normalized spacial score (nSPS) is 11.4. The second-order valence-corrected chi connectivity index (χ2v) is 6.68. The molecule has 2 N–H and O–H groups in total. The number of rotatable bonds is 4. The number of aromatic nitrogens is 5. The number of amides is 1. The molecule has 3 aromatic rings. The highest BCUT2D eigenvalue weighted by Gasteiger charge is 2.19. The van der Waals surface area contributed by atoms with Crippen LogP contribution in [0.15, 0.2) is 17.1 Å². The molecule has 1 amide bonds. The number of fused-ring (bicyclic) bond motifs is 1. The number of aromatic amines is 1. The molecule has 25 heavy (non-hydrogen) atoms. The smallest absolute Gasteiger partial charge is 0.263 e. The molecule has 3 rings (SSSR count). The first-order valence-corrected chi connectivity index (χ1v) is 8.18. The van der Waals surface area contributed by atoms with Gasteiger partial charge in [-0.15, -0.1) is 0 Å². The van der Waals surface area contributed by atoms with Crippen LogP contribution < -0.4 is 10.9 Å². The van der Waals surface area contributed by atoms with Crippen molar-refractivity contribution >= 4 is 22.6 Å². The van der Waals surface area contributed by atoms with Crippen LogP contribution in [0.1, 0.15) is 35.6 Å². The lowest BCUT2D eigenvalue weighted by Crippen LogP contribution is -2.20. The van der Waals surface area contributed by atoms with Gasteiger partial charge in [-0.1, -0.05) is 13.8 Å². The Balaban J connectivity index is 1.95. The molecule has 0 aliphatic carbocycles. The SMILES string of the molecule is Cc1c(C(=O)Nc2n[nH]c3cc(C)n(C)c(=O)c23)cnn1CC(C)C. The highest BCUT2D eigenvalue weighted by atomic mass is 16.2. The lowest BCUT2D eigenvalue weighted by Gasteiger charge is -2.08. The summed E-state index contributed by atoms with van der Waals surface area (Å²) in [6.45, 7) is 8.62. The van der Waals surface area contributed by atoms with Crippen LogP contribution in [0.3, 0.4) is 0 Å². The molecule has 0 bridgehead atoms. The van der Waals surface area contributed by atoms with E-state index in [-0.39, 0.29) is 17.3 Å². The Kier molecular flexibility index (Phi) is 4.20. The van der Waals surface area contributed by atoms with Gasteiger partial charge in [0.15, 0.2) is 5.82 Å². The molecule has 0 spiro atoms. The molecule has 0 aliphatic rings. The van der Waals surface area contributed by atoms with Gasteiger partial charge in [-0.25, -0.2) is 0 Å². The highest BCUT2D eigenvalue weighted by Crippen LogP contribution is 2.19. The van der Waals surface area contributed by atoms with Crippen LogP contribution in [0.5, 0.6) is 0 Å². The zero-order chi connectivity index (χ0) is 18.3. The van der Waals surface area contributed by atoms with E-state index < -0.39 is 0 Å². The summed E-state index contributed by atoms with van der Waals surface area (Å²) in [5.41, 5.74) is 2.47. The van der Waals surface area contributed by atoms with Crippen LogP contribution in [-0.4, -0.2) is 30.5 Å². The second-order valence-electron chi connectivity index (χ2n) is 6.68. The fraction of sp³-hybridized carbons (Fsp3) is 0.412. The molecule has 0 radical (unpaired) electrons. The molecule has 0 saturated carbocycles. The zero-order valence-electron chi connectivity index (χ0n) is 15.0. The number of hydrogen-bond acceptors (Lipinski definition) is 4. The van der Waals surface area contributed by atoms with Gasteiger partial charge < -0.3 is 9.88 Å². The van der Waals surface area contributed by atoms with Crippen molar-refractivity contribution in [1.29, 1.82) is 0 Å². The molecular weight excluding hydrogens is 320 g/mol. The average Bonchev–Trinajstić information content (AvgIpc) is 3.09. The summed E-state index contributed by atoms with van der Waals surface area (Å²) in [4.78, 5) is 25.1. The molecule has 0 unspecified atom stereocenters. The summed E-state index contributed by atoms with van der Waals surface area (Å²) in [6, 6.07) is 1.82. The summed E-state index contributed by atoms with van der Waals surface area (Å²) >= 11 is 0. The van der Waals surface area contributed by atoms with E-state index in [4.69, 9.17) is 0 Å². The van der Waals surface area contributed by atoms with Gasteiger partial charge in [-0.2, -0.15) is 10.2 Å². The topological polar surface area (TPSA) is 97.6 Å². The van der Waals surface area contributed by atoms with Gasteiger partial charge >= 0.3 is 0 Å². The lowest BCUT2D eigenvalue weighted by molar-refractivity contribution is 0.102. The molecule has 0 aromatic carbocycles. The first-order chi connectivity index (χ1) is 11.8.